The Morgan fingerprint density at radius 1 is 0.943 bits per heavy atom. The van der Waals surface area contributed by atoms with Gasteiger partial charge >= 0.3 is 0 Å². The second-order valence-electron chi connectivity index (χ2n) is 7.22. The van der Waals surface area contributed by atoms with E-state index in [0.29, 0.717) is 28.5 Å². The average molecular weight is 496 g/mol. The highest BCUT2D eigenvalue weighted by Crippen LogP contribution is 2.32. The van der Waals surface area contributed by atoms with E-state index in [1.54, 1.807) is 48.5 Å². The molecule has 3 N–H and O–H groups in total. The second kappa shape index (κ2) is 10.2. The second-order valence-corrected chi connectivity index (χ2v) is 8.90. The van der Waals surface area contributed by atoms with Crippen molar-refractivity contribution < 1.29 is 32.2 Å². The minimum Gasteiger partial charge on any atom is -0.495 e. The van der Waals surface area contributed by atoms with E-state index < -0.39 is 21.8 Å². The van der Waals surface area contributed by atoms with Crippen LogP contribution in [0.2, 0.25) is 0 Å². The van der Waals surface area contributed by atoms with Gasteiger partial charge in [0.15, 0.2) is 11.5 Å². The van der Waals surface area contributed by atoms with Gasteiger partial charge < -0.3 is 14.2 Å². The number of sulfonamides is 1. The number of carbonyl (C=O) groups is 2. The number of amides is 2. The van der Waals surface area contributed by atoms with Crippen molar-refractivity contribution in [3.63, 3.8) is 0 Å². The molecule has 0 aliphatic carbocycles. The van der Waals surface area contributed by atoms with Crippen LogP contribution in [0.25, 0.3) is 6.08 Å². The molecule has 1 aliphatic rings. The number of para-hydroxylation sites is 2. The summed E-state index contributed by atoms with van der Waals surface area (Å²) in [5.41, 5.74) is 5.77. The molecule has 4 rings (SSSR count). The molecule has 0 saturated carbocycles. The van der Waals surface area contributed by atoms with Gasteiger partial charge in [-0.25, -0.2) is 8.42 Å². The van der Waals surface area contributed by atoms with Gasteiger partial charge in [0, 0.05) is 11.6 Å². The monoisotopic (exact) mass is 495 g/mol. The summed E-state index contributed by atoms with van der Waals surface area (Å²) in [6, 6.07) is 17.3. The summed E-state index contributed by atoms with van der Waals surface area (Å²) in [5.74, 6) is 0.290. The standard InChI is InChI=1S/C24H21N3O7S/c1-32-20-5-3-2-4-19(20)27-35(30,31)18-10-6-16(7-11-18)8-13-23(28)25-26-24(29)17-9-12-21-22(14-17)34-15-33-21/h2-14,27H,15H2,1H3,(H,25,28)(H,26,29)/b13-8+. The van der Waals surface area contributed by atoms with Gasteiger partial charge in [0.1, 0.15) is 5.75 Å². The largest absolute Gasteiger partial charge is 0.495 e. The lowest BCUT2D eigenvalue weighted by Gasteiger charge is -2.11. The molecule has 35 heavy (non-hydrogen) atoms. The highest BCUT2D eigenvalue weighted by Gasteiger charge is 2.17. The zero-order valence-corrected chi connectivity index (χ0v) is 19.3. The number of methoxy groups -OCH3 is 1. The highest BCUT2D eigenvalue weighted by atomic mass is 32.2. The Bertz CT molecular complexity index is 1390. The van der Waals surface area contributed by atoms with Crippen LogP contribution in [0, 0.1) is 0 Å². The number of hydrogen-bond donors (Lipinski definition) is 3. The molecule has 0 unspecified atom stereocenters. The number of fused-ring (bicyclic) bond motifs is 1. The van der Waals surface area contributed by atoms with E-state index in [2.05, 4.69) is 15.6 Å². The van der Waals surface area contributed by atoms with E-state index in [4.69, 9.17) is 14.2 Å². The molecular formula is C24H21N3O7S. The third-order valence-corrected chi connectivity index (χ3v) is 6.28. The summed E-state index contributed by atoms with van der Waals surface area (Å²) in [4.78, 5) is 24.3. The average Bonchev–Trinajstić information content (AvgIpc) is 3.34. The van der Waals surface area contributed by atoms with E-state index in [9.17, 15) is 18.0 Å². The molecule has 0 radical (unpaired) electrons. The van der Waals surface area contributed by atoms with E-state index in [1.807, 2.05) is 0 Å². The molecule has 0 fully saturated rings. The number of ether oxygens (including phenoxy) is 3. The van der Waals surface area contributed by atoms with Crippen molar-refractivity contribution >= 4 is 33.6 Å². The van der Waals surface area contributed by atoms with Crippen molar-refractivity contribution in [3.8, 4) is 17.2 Å². The predicted molar refractivity (Wildman–Crippen MR) is 127 cm³/mol. The summed E-state index contributed by atoms with van der Waals surface area (Å²) in [6.45, 7) is 0.0904. The molecule has 11 heteroatoms. The van der Waals surface area contributed by atoms with Gasteiger partial charge in [0.05, 0.1) is 17.7 Å². The minimum atomic E-state index is -3.84. The van der Waals surface area contributed by atoms with Gasteiger partial charge in [0.2, 0.25) is 6.79 Å². The Balaban J connectivity index is 1.33. The Morgan fingerprint density at radius 3 is 2.46 bits per heavy atom. The number of benzene rings is 3. The molecule has 2 amide bonds. The molecule has 0 atom stereocenters. The molecule has 1 aliphatic heterocycles. The first-order chi connectivity index (χ1) is 16.9. The van der Waals surface area contributed by atoms with Crippen LogP contribution in [0.3, 0.4) is 0 Å². The fraction of sp³-hybridized carbons (Fsp3) is 0.0833. The fourth-order valence-corrected chi connectivity index (χ4v) is 4.20. The van der Waals surface area contributed by atoms with Gasteiger partial charge in [-0.05, 0) is 54.1 Å². The number of anilines is 1. The van der Waals surface area contributed by atoms with Gasteiger partial charge in [-0.2, -0.15) is 0 Å². The molecule has 0 aromatic heterocycles. The third-order valence-electron chi connectivity index (χ3n) is 4.90. The van der Waals surface area contributed by atoms with Crippen molar-refractivity contribution in [1.82, 2.24) is 10.9 Å². The van der Waals surface area contributed by atoms with Gasteiger partial charge in [-0.1, -0.05) is 24.3 Å². The number of hydrazine groups is 1. The lowest BCUT2D eigenvalue weighted by molar-refractivity contribution is -0.117. The summed E-state index contributed by atoms with van der Waals surface area (Å²) < 4.78 is 43.4. The summed E-state index contributed by atoms with van der Waals surface area (Å²) in [7, 11) is -2.39. The Hall–Kier alpha value is -4.51. The van der Waals surface area contributed by atoms with Crippen molar-refractivity contribution in [2.75, 3.05) is 18.6 Å². The van der Waals surface area contributed by atoms with E-state index in [-0.39, 0.29) is 17.3 Å². The zero-order chi connectivity index (χ0) is 24.8. The first-order valence-corrected chi connectivity index (χ1v) is 11.8. The Morgan fingerprint density at radius 2 is 1.69 bits per heavy atom. The molecule has 10 nitrogen and oxygen atoms in total. The molecule has 3 aromatic carbocycles. The SMILES string of the molecule is COc1ccccc1NS(=O)(=O)c1ccc(/C=C/C(=O)NNC(=O)c2ccc3c(c2)OCO3)cc1. The van der Waals surface area contributed by atoms with Crippen LogP contribution in [-0.2, 0) is 14.8 Å². The lowest BCUT2D eigenvalue weighted by Crippen LogP contribution is -2.40. The first kappa shape index (κ1) is 23.6. The number of rotatable bonds is 7. The zero-order valence-electron chi connectivity index (χ0n) is 18.5. The molecular weight excluding hydrogens is 474 g/mol. The predicted octanol–water partition coefficient (Wildman–Crippen LogP) is 2.70. The summed E-state index contributed by atoms with van der Waals surface area (Å²) >= 11 is 0. The van der Waals surface area contributed by atoms with E-state index in [0.717, 1.165) is 0 Å². The molecule has 0 spiro atoms. The smallest absolute Gasteiger partial charge is 0.269 e. The van der Waals surface area contributed by atoms with Crippen LogP contribution in [0.15, 0.2) is 77.7 Å². The van der Waals surface area contributed by atoms with E-state index >= 15 is 0 Å². The Labute approximate surface area is 201 Å². The highest BCUT2D eigenvalue weighted by molar-refractivity contribution is 7.92. The summed E-state index contributed by atoms with van der Waals surface area (Å²) in [6.07, 6.45) is 2.68. The van der Waals surface area contributed by atoms with Gasteiger partial charge in [0.25, 0.3) is 21.8 Å². The molecule has 3 aromatic rings. The number of carbonyl (C=O) groups excluding carboxylic acids is 2. The normalized spacial score (nSPS) is 12.3. The maximum atomic E-state index is 12.7. The number of nitrogens with one attached hydrogen (secondary N) is 3. The van der Waals surface area contributed by atoms with Crippen LogP contribution >= 0.6 is 0 Å². The first-order valence-electron chi connectivity index (χ1n) is 10.3. The van der Waals surface area contributed by atoms with Gasteiger partial charge in [-0.15, -0.1) is 0 Å². The van der Waals surface area contributed by atoms with Crippen LogP contribution in [0.1, 0.15) is 15.9 Å². The summed E-state index contributed by atoms with van der Waals surface area (Å²) in [5, 5.41) is 0. The minimum absolute atomic E-state index is 0.0426. The fourth-order valence-electron chi connectivity index (χ4n) is 3.13. The van der Waals surface area contributed by atoms with Crippen LogP contribution < -0.4 is 29.8 Å². The van der Waals surface area contributed by atoms with Crippen molar-refractivity contribution in [3.05, 3.63) is 83.9 Å². The molecule has 0 bridgehead atoms. The topological polar surface area (TPSA) is 132 Å². The maximum Gasteiger partial charge on any atom is 0.269 e. The van der Waals surface area contributed by atoms with Crippen molar-refractivity contribution in [2.24, 2.45) is 0 Å². The molecule has 1 heterocycles. The Kier molecular flexibility index (Phi) is 6.88. The van der Waals surface area contributed by atoms with Crippen LogP contribution in [0.5, 0.6) is 17.2 Å². The quantitative estimate of drug-likeness (QED) is 0.339. The molecule has 0 saturated heterocycles. The van der Waals surface area contributed by atoms with Crippen molar-refractivity contribution in [2.45, 2.75) is 4.90 Å². The van der Waals surface area contributed by atoms with Gasteiger partial charge in [-0.3, -0.25) is 25.2 Å². The van der Waals surface area contributed by atoms with Crippen LogP contribution in [0.4, 0.5) is 5.69 Å². The van der Waals surface area contributed by atoms with E-state index in [1.165, 1.54) is 37.5 Å². The van der Waals surface area contributed by atoms with Crippen LogP contribution in [-0.4, -0.2) is 34.1 Å². The molecule has 180 valence electrons. The maximum absolute atomic E-state index is 12.7. The third kappa shape index (κ3) is 5.71. The van der Waals surface area contributed by atoms with Crippen molar-refractivity contribution in [1.29, 1.82) is 0 Å². The lowest BCUT2D eigenvalue weighted by atomic mass is 10.2. The number of hydrogen-bond acceptors (Lipinski definition) is 7.